The van der Waals surface area contributed by atoms with Crippen LogP contribution in [0.25, 0.3) is 5.65 Å². The van der Waals surface area contributed by atoms with Gasteiger partial charge in [0.05, 0.1) is 24.4 Å². The molecule has 0 saturated carbocycles. The minimum absolute atomic E-state index is 0.325. The maximum absolute atomic E-state index is 11.6. The summed E-state index contributed by atoms with van der Waals surface area (Å²) in [6, 6.07) is 4.44. The number of imidazole rings is 1. The molecule has 0 spiro atoms. The fraction of sp³-hybridized carbons (Fsp3) is 0.529. The number of ether oxygens (including phenoxy) is 1. The first-order chi connectivity index (χ1) is 10.6. The Hall–Kier alpha value is -1.88. The molecule has 0 radical (unpaired) electrons. The summed E-state index contributed by atoms with van der Waals surface area (Å²) in [7, 11) is 1.39. The number of fused-ring (bicyclic) bond motifs is 1. The fourth-order valence-corrected chi connectivity index (χ4v) is 3.30. The zero-order valence-corrected chi connectivity index (χ0v) is 13.5. The van der Waals surface area contributed by atoms with Gasteiger partial charge in [0.2, 0.25) is 0 Å². The van der Waals surface area contributed by atoms with Crippen LogP contribution < -0.4 is 0 Å². The van der Waals surface area contributed by atoms with Crippen LogP contribution in [0.4, 0.5) is 0 Å². The van der Waals surface area contributed by atoms with Crippen molar-refractivity contribution in [3.05, 3.63) is 35.8 Å². The van der Waals surface area contributed by atoms with E-state index < -0.39 is 0 Å². The minimum atomic E-state index is -0.325. The third-order valence-corrected chi connectivity index (χ3v) is 4.45. The summed E-state index contributed by atoms with van der Waals surface area (Å²) in [6.45, 7) is 5.61. The van der Waals surface area contributed by atoms with Gasteiger partial charge in [-0.2, -0.15) is 0 Å². The largest absolute Gasteiger partial charge is 0.465 e. The molecule has 0 N–H and O–H groups in total. The lowest BCUT2D eigenvalue weighted by atomic mass is 9.98. The highest BCUT2D eigenvalue weighted by Crippen LogP contribution is 2.32. The van der Waals surface area contributed by atoms with Crippen LogP contribution in [0.15, 0.2) is 24.5 Å². The lowest BCUT2D eigenvalue weighted by Gasteiger charge is -2.37. The molecule has 1 fully saturated rings. The first kappa shape index (κ1) is 15.0. The smallest absolute Gasteiger partial charge is 0.338 e. The highest BCUT2D eigenvalue weighted by molar-refractivity contribution is 5.90. The van der Waals surface area contributed by atoms with Crippen LogP contribution in [0.1, 0.15) is 55.2 Å². The van der Waals surface area contributed by atoms with Crippen LogP contribution in [0.5, 0.6) is 0 Å². The average molecular weight is 301 g/mol. The van der Waals surface area contributed by atoms with Crippen molar-refractivity contribution < 1.29 is 9.53 Å². The Morgan fingerprint density at radius 2 is 2.23 bits per heavy atom. The van der Waals surface area contributed by atoms with Crippen molar-refractivity contribution in [3.8, 4) is 0 Å². The van der Waals surface area contributed by atoms with Crippen LogP contribution in [-0.2, 0) is 4.74 Å². The van der Waals surface area contributed by atoms with Gasteiger partial charge in [-0.3, -0.25) is 4.90 Å². The molecule has 5 nitrogen and oxygen atoms in total. The second-order valence-corrected chi connectivity index (χ2v) is 6.18. The maximum atomic E-state index is 11.6. The van der Waals surface area contributed by atoms with Gasteiger partial charge in [-0.05, 0) is 45.4 Å². The van der Waals surface area contributed by atoms with Gasteiger partial charge in [-0.1, -0.05) is 6.42 Å². The predicted octanol–water partition coefficient (Wildman–Crippen LogP) is 3.06. The maximum Gasteiger partial charge on any atom is 0.338 e. The molecule has 22 heavy (non-hydrogen) atoms. The summed E-state index contributed by atoms with van der Waals surface area (Å²) in [5, 5.41) is 0. The molecular formula is C17H23N3O2. The second kappa shape index (κ2) is 6.08. The molecule has 3 heterocycles. The molecule has 0 aromatic carbocycles. The number of methoxy groups -OCH3 is 1. The van der Waals surface area contributed by atoms with E-state index in [-0.39, 0.29) is 5.97 Å². The van der Waals surface area contributed by atoms with Gasteiger partial charge in [0.15, 0.2) is 0 Å². The van der Waals surface area contributed by atoms with Crippen molar-refractivity contribution in [2.24, 2.45) is 0 Å². The Kier molecular flexibility index (Phi) is 4.16. The van der Waals surface area contributed by atoms with E-state index >= 15 is 0 Å². The summed E-state index contributed by atoms with van der Waals surface area (Å²) in [6.07, 6.45) is 7.61. The molecule has 1 aliphatic heterocycles. The monoisotopic (exact) mass is 301 g/mol. The SMILES string of the molecule is COC(=O)c1ccn2cc(C3CCCCN3C(C)C)nc2c1. The highest BCUT2D eigenvalue weighted by Gasteiger charge is 2.27. The first-order valence-corrected chi connectivity index (χ1v) is 7.93. The Bertz CT molecular complexity index is 678. The van der Waals surface area contributed by atoms with Gasteiger partial charge in [-0.25, -0.2) is 9.78 Å². The number of rotatable bonds is 3. The molecule has 1 unspecified atom stereocenters. The molecular weight excluding hydrogens is 278 g/mol. The number of hydrogen-bond donors (Lipinski definition) is 0. The van der Waals surface area contributed by atoms with Gasteiger partial charge in [0.25, 0.3) is 0 Å². The first-order valence-electron chi connectivity index (χ1n) is 7.93. The molecule has 1 atom stereocenters. The topological polar surface area (TPSA) is 46.8 Å². The molecule has 5 heteroatoms. The van der Waals surface area contributed by atoms with Crippen LogP contribution >= 0.6 is 0 Å². The lowest BCUT2D eigenvalue weighted by molar-refractivity contribution is 0.0600. The lowest BCUT2D eigenvalue weighted by Crippen LogP contribution is -2.38. The normalized spacial score (nSPS) is 19.7. The van der Waals surface area contributed by atoms with Crippen LogP contribution in [0.3, 0.4) is 0 Å². The molecule has 2 aromatic rings. The van der Waals surface area contributed by atoms with Crippen molar-refractivity contribution in [3.63, 3.8) is 0 Å². The average Bonchev–Trinajstić information content (AvgIpc) is 2.96. The summed E-state index contributed by atoms with van der Waals surface area (Å²) < 4.78 is 6.75. The summed E-state index contributed by atoms with van der Waals surface area (Å²) in [5.41, 5.74) is 2.43. The molecule has 2 aromatic heterocycles. The molecule has 0 amide bonds. The van der Waals surface area contributed by atoms with Gasteiger partial charge in [0.1, 0.15) is 5.65 Å². The van der Waals surface area contributed by atoms with E-state index in [4.69, 9.17) is 9.72 Å². The number of hydrogen-bond acceptors (Lipinski definition) is 4. The molecule has 1 aliphatic rings. The molecule has 0 aliphatic carbocycles. The number of aromatic nitrogens is 2. The molecule has 1 saturated heterocycles. The Morgan fingerprint density at radius 1 is 1.41 bits per heavy atom. The summed E-state index contributed by atoms with van der Waals surface area (Å²) in [5.74, 6) is -0.325. The fourth-order valence-electron chi connectivity index (χ4n) is 3.30. The van der Waals surface area contributed by atoms with E-state index in [0.717, 1.165) is 24.3 Å². The van der Waals surface area contributed by atoms with E-state index in [9.17, 15) is 4.79 Å². The van der Waals surface area contributed by atoms with Crippen molar-refractivity contribution in [1.82, 2.24) is 14.3 Å². The van der Waals surface area contributed by atoms with Crippen LogP contribution in [0, 0.1) is 0 Å². The summed E-state index contributed by atoms with van der Waals surface area (Å²) >= 11 is 0. The van der Waals surface area contributed by atoms with Gasteiger partial charge in [-0.15, -0.1) is 0 Å². The Labute approximate surface area is 130 Å². The molecule has 118 valence electrons. The number of likely N-dealkylation sites (tertiary alicyclic amines) is 1. The van der Waals surface area contributed by atoms with E-state index in [0.29, 0.717) is 17.6 Å². The third kappa shape index (κ3) is 2.73. The van der Waals surface area contributed by atoms with E-state index in [1.807, 2.05) is 10.6 Å². The number of carbonyl (C=O) groups excluding carboxylic acids is 1. The van der Waals surface area contributed by atoms with Crippen LogP contribution in [-0.4, -0.2) is 40.0 Å². The molecule has 3 rings (SSSR count). The Balaban J connectivity index is 1.95. The van der Waals surface area contributed by atoms with E-state index in [2.05, 4.69) is 24.9 Å². The Morgan fingerprint density at radius 3 is 2.95 bits per heavy atom. The zero-order chi connectivity index (χ0) is 15.7. The number of pyridine rings is 1. The zero-order valence-electron chi connectivity index (χ0n) is 13.5. The van der Waals surface area contributed by atoms with Gasteiger partial charge in [0, 0.05) is 18.4 Å². The second-order valence-electron chi connectivity index (χ2n) is 6.18. The van der Waals surface area contributed by atoms with E-state index in [1.54, 1.807) is 12.1 Å². The van der Waals surface area contributed by atoms with E-state index in [1.165, 1.54) is 20.0 Å². The number of piperidine rings is 1. The quantitative estimate of drug-likeness (QED) is 0.818. The van der Waals surface area contributed by atoms with Crippen molar-refractivity contribution in [2.45, 2.75) is 45.2 Å². The van der Waals surface area contributed by atoms with Gasteiger partial charge >= 0.3 is 5.97 Å². The third-order valence-electron chi connectivity index (χ3n) is 4.45. The van der Waals surface area contributed by atoms with Crippen molar-refractivity contribution >= 4 is 11.6 Å². The van der Waals surface area contributed by atoms with Crippen molar-refractivity contribution in [2.75, 3.05) is 13.7 Å². The standard InChI is InChI=1S/C17H23N3O2/c1-12(2)20-8-5-4-6-15(20)14-11-19-9-7-13(17(21)22-3)10-16(19)18-14/h7,9-12,15H,4-6,8H2,1-3H3. The number of carbonyl (C=O) groups is 1. The van der Waals surface area contributed by atoms with Crippen molar-refractivity contribution in [1.29, 1.82) is 0 Å². The number of nitrogens with zero attached hydrogens (tertiary/aromatic N) is 3. The number of esters is 1. The minimum Gasteiger partial charge on any atom is -0.465 e. The molecule has 0 bridgehead atoms. The predicted molar refractivity (Wildman–Crippen MR) is 85.0 cm³/mol. The van der Waals surface area contributed by atoms with Crippen LogP contribution in [0.2, 0.25) is 0 Å². The highest BCUT2D eigenvalue weighted by atomic mass is 16.5. The van der Waals surface area contributed by atoms with Gasteiger partial charge < -0.3 is 9.14 Å². The summed E-state index contributed by atoms with van der Waals surface area (Å²) in [4.78, 5) is 18.9.